The molecule has 0 radical (unpaired) electrons. The van der Waals surface area contributed by atoms with Gasteiger partial charge >= 0.3 is 5.97 Å². The van der Waals surface area contributed by atoms with Crippen molar-refractivity contribution in [2.75, 3.05) is 30.3 Å². The number of nitrogens with zero attached hydrogens (tertiary/aromatic N) is 3. The molecule has 18 heavy (non-hydrogen) atoms. The van der Waals surface area contributed by atoms with Crippen molar-refractivity contribution >= 4 is 17.7 Å². The number of hydrogen-bond acceptors (Lipinski definition) is 6. The SMILES string of the molecule is CCOC(=O)c1cnc(N2CCCCC2)nc1N. The Hall–Kier alpha value is -1.85. The van der Waals surface area contributed by atoms with Crippen LogP contribution >= 0.6 is 0 Å². The topological polar surface area (TPSA) is 81.3 Å². The third kappa shape index (κ3) is 2.69. The number of ether oxygens (including phenoxy) is 1. The van der Waals surface area contributed by atoms with Crippen molar-refractivity contribution in [3.63, 3.8) is 0 Å². The first-order valence-corrected chi connectivity index (χ1v) is 6.27. The Morgan fingerprint density at radius 2 is 2.17 bits per heavy atom. The van der Waals surface area contributed by atoms with Crippen molar-refractivity contribution < 1.29 is 9.53 Å². The molecule has 1 aliphatic heterocycles. The van der Waals surface area contributed by atoms with Gasteiger partial charge in [0.25, 0.3) is 0 Å². The van der Waals surface area contributed by atoms with Gasteiger partial charge in [-0.15, -0.1) is 0 Å². The van der Waals surface area contributed by atoms with Crippen molar-refractivity contribution in [2.45, 2.75) is 26.2 Å². The zero-order valence-electron chi connectivity index (χ0n) is 10.6. The quantitative estimate of drug-likeness (QED) is 0.812. The van der Waals surface area contributed by atoms with Crippen LogP contribution in [0.4, 0.5) is 11.8 Å². The van der Waals surface area contributed by atoms with Gasteiger partial charge in [-0.1, -0.05) is 0 Å². The van der Waals surface area contributed by atoms with Gasteiger partial charge in [-0.25, -0.2) is 9.78 Å². The summed E-state index contributed by atoms with van der Waals surface area (Å²) in [5.41, 5.74) is 6.01. The smallest absolute Gasteiger partial charge is 0.343 e. The molecule has 2 N–H and O–H groups in total. The van der Waals surface area contributed by atoms with Gasteiger partial charge in [0.05, 0.1) is 6.61 Å². The summed E-state index contributed by atoms with van der Waals surface area (Å²) < 4.78 is 4.88. The van der Waals surface area contributed by atoms with E-state index in [1.165, 1.54) is 12.6 Å². The largest absolute Gasteiger partial charge is 0.462 e. The fraction of sp³-hybridized carbons (Fsp3) is 0.583. The third-order valence-corrected chi connectivity index (χ3v) is 2.94. The molecule has 0 unspecified atom stereocenters. The summed E-state index contributed by atoms with van der Waals surface area (Å²) in [6, 6.07) is 0. The fourth-order valence-corrected chi connectivity index (χ4v) is 2.00. The van der Waals surface area contributed by atoms with Crippen LogP contribution in [0.5, 0.6) is 0 Å². The lowest BCUT2D eigenvalue weighted by atomic mass is 10.1. The van der Waals surface area contributed by atoms with Gasteiger partial charge in [-0.05, 0) is 26.2 Å². The summed E-state index contributed by atoms with van der Waals surface area (Å²) in [5, 5.41) is 0. The normalized spacial score (nSPS) is 15.5. The molecule has 1 aromatic rings. The number of rotatable bonds is 3. The molecule has 6 nitrogen and oxygen atoms in total. The number of anilines is 2. The Labute approximate surface area is 106 Å². The molecule has 1 aromatic heterocycles. The summed E-state index contributed by atoms with van der Waals surface area (Å²) >= 11 is 0. The molecule has 1 aliphatic rings. The average Bonchev–Trinajstić information content (AvgIpc) is 2.40. The molecule has 0 saturated carbocycles. The average molecular weight is 250 g/mol. The van der Waals surface area contributed by atoms with Gasteiger partial charge in [0, 0.05) is 19.3 Å². The van der Waals surface area contributed by atoms with Crippen LogP contribution < -0.4 is 10.6 Å². The summed E-state index contributed by atoms with van der Waals surface area (Å²) in [5.74, 6) is 0.310. The lowest BCUT2D eigenvalue weighted by molar-refractivity contribution is 0.0527. The van der Waals surface area contributed by atoms with Gasteiger partial charge in [0.2, 0.25) is 5.95 Å². The summed E-state index contributed by atoms with van der Waals surface area (Å²) in [7, 11) is 0. The lowest BCUT2D eigenvalue weighted by Crippen LogP contribution is -2.31. The number of nitrogen functional groups attached to an aromatic ring is 1. The zero-order chi connectivity index (χ0) is 13.0. The number of carbonyl (C=O) groups is 1. The number of piperidine rings is 1. The molecule has 2 rings (SSSR count). The Morgan fingerprint density at radius 3 is 2.78 bits per heavy atom. The van der Waals surface area contributed by atoms with E-state index < -0.39 is 5.97 Å². The maximum atomic E-state index is 11.6. The van der Waals surface area contributed by atoms with Gasteiger partial charge in [0.15, 0.2) is 0 Å². The molecule has 98 valence electrons. The zero-order valence-corrected chi connectivity index (χ0v) is 10.6. The third-order valence-electron chi connectivity index (χ3n) is 2.94. The molecule has 6 heteroatoms. The Kier molecular flexibility index (Phi) is 3.96. The molecule has 0 aliphatic carbocycles. The van der Waals surface area contributed by atoms with E-state index in [0.717, 1.165) is 25.9 Å². The van der Waals surface area contributed by atoms with E-state index in [2.05, 4.69) is 14.9 Å². The highest BCUT2D eigenvalue weighted by atomic mass is 16.5. The molecule has 1 fully saturated rings. The number of carbonyl (C=O) groups excluding carboxylic acids is 1. The number of esters is 1. The van der Waals surface area contributed by atoms with E-state index in [9.17, 15) is 4.79 Å². The van der Waals surface area contributed by atoms with Crippen LogP contribution in [-0.2, 0) is 4.74 Å². The van der Waals surface area contributed by atoms with Gasteiger partial charge in [-0.3, -0.25) is 0 Å². The molecular weight excluding hydrogens is 232 g/mol. The van der Waals surface area contributed by atoms with Crippen molar-refractivity contribution in [3.8, 4) is 0 Å². The molecule has 0 atom stereocenters. The maximum absolute atomic E-state index is 11.6. The highest BCUT2D eigenvalue weighted by Gasteiger charge is 2.17. The van der Waals surface area contributed by atoms with Crippen LogP contribution in [0.2, 0.25) is 0 Å². The van der Waals surface area contributed by atoms with Crippen LogP contribution in [0, 0.1) is 0 Å². The summed E-state index contributed by atoms with van der Waals surface area (Å²) in [6.07, 6.45) is 4.98. The van der Waals surface area contributed by atoms with Crippen molar-refractivity contribution in [1.29, 1.82) is 0 Å². The highest BCUT2D eigenvalue weighted by Crippen LogP contribution is 2.18. The summed E-state index contributed by atoms with van der Waals surface area (Å²) in [6.45, 7) is 3.94. The van der Waals surface area contributed by atoms with E-state index in [-0.39, 0.29) is 11.4 Å². The second kappa shape index (κ2) is 5.66. The lowest BCUT2D eigenvalue weighted by Gasteiger charge is -2.26. The molecule has 0 spiro atoms. The van der Waals surface area contributed by atoms with Gasteiger partial charge in [-0.2, -0.15) is 4.98 Å². The number of nitrogens with two attached hydrogens (primary N) is 1. The Morgan fingerprint density at radius 1 is 1.44 bits per heavy atom. The van der Waals surface area contributed by atoms with Crippen molar-refractivity contribution in [2.24, 2.45) is 0 Å². The molecule has 2 heterocycles. The first-order chi connectivity index (χ1) is 8.72. The first-order valence-electron chi connectivity index (χ1n) is 6.27. The van der Waals surface area contributed by atoms with E-state index in [0.29, 0.717) is 12.6 Å². The second-order valence-corrected chi connectivity index (χ2v) is 4.24. The van der Waals surface area contributed by atoms with E-state index in [4.69, 9.17) is 10.5 Å². The van der Waals surface area contributed by atoms with Crippen molar-refractivity contribution in [1.82, 2.24) is 9.97 Å². The standard InChI is InChI=1S/C12H18N4O2/c1-2-18-11(17)9-8-14-12(15-10(9)13)16-6-4-3-5-7-16/h8H,2-7H2,1H3,(H2,13,14,15). The van der Waals surface area contributed by atoms with E-state index >= 15 is 0 Å². The molecule has 0 aromatic carbocycles. The first kappa shape index (κ1) is 12.6. The van der Waals surface area contributed by atoms with Crippen LogP contribution in [-0.4, -0.2) is 35.6 Å². The minimum Gasteiger partial charge on any atom is -0.462 e. The number of aromatic nitrogens is 2. The molecule has 0 amide bonds. The van der Waals surface area contributed by atoms with Gasteiger partial charge < -0.3 is 15.4 Å². The van der Waals surface area contributed by atoms with Crippen molar-refractivity contribution in [3.05, 3.63) is 11.8 Å². The Bertz CT molecular complexity index is 430. The van der Waals surface area contributed by atoms with Gasteiger partial charge in [0.1, 0.15) is 11.4 Å². The minimum atomic E-state index is -0.472. The molecule has 1 saturated heterocycles. The maximum Gasteiger partial charge on any atom is 0.343 e. The Balaban J connectivity index is 2.16. The minimum absolute atomic E-state index is 0.184. The molecular formula is C12H18N4O2. The second-order valence-electron chi connectivity index (χ2n) is 4.24. The van der Waals surface area contributed by atoms with Crippen LogP contribution in [0.15, 0.2) is 6.20 Å². The monoisotopic (exact) mass is 250 g/mol. The predicted octanol–water partition coefficient (Wildman–Crippen LogP) is 1.23. The number of hydrogen-bond donors (Lipinski definition) is 1. The van der Waals surface area contributed by atoms with Crippen LogP contribution in [0.3, 0.4) is 0 Å². The van der Waals surface area contributed by atoms with E-state index in [1.807, 2.05) is 0 Å². The fourth-order valence-electron chi connectivity index (χ4n) is 2.00. The highest BCUT2D eigenvalue weighted by molar-refractivity contribution is 5.93. The predicted molar refractivity (Wildman–Crippen MR) is 68.5 cm³/mol. The van der Waals surface area contributed by atoms with Crippen LogP contribution in [0.1, 0.15) is 36.5 Å². The molecule has 0 bridgehead atoms. The van der Waals surface area contributed by atoms with Crippen LogP contribution in [0.25, 0.3) is 0 Å². The van der Waals surface area contributed by atoms with E-state index in [1.54, 1.807) is 6.92 Å². The summed E-state index contributed by atoms with van der Waals surface area (Å²) in [4.78, 5) is 22.0.